The average molecular weight is 316 g/mol. The van der Waals surface area contributed by atoms with Gasteiger partial charge in [0.1, 0.15) is 5.82 Å². The Kier molecular flexibility index (Phi) is 3.10. The van der Waals surface area contributed by atoms with Gasteiger partial charge in [-0.15, -0.1) is 0 Å². The van der Waals surface area contributed by atoms with Gasteiger partial charge in [-0.2, -0.15) is 4.98 Å². The molecule has 0 radical (unpaired) electrons. The first-order valence-electron chi connectivity index (χ1n) is 7.36. The third-order valence-corrected chi connectivity index (χ3v) is 3.92. The van der Waals surface area contributed by atoms with Crippen molar-refractivity contribution >= 4 is 17.6 Å². The van der Waals surface area contributed by atoms with Gasteiger partial charge in [-0.25, -0.2) is 9.18 Å². The Morgan fingerprint density at radius 3 is 2.87 bits per heavy atom. The Balaban J connectivity index is 1.67. The highest BCUT2D eigenvalue weighted by atomic mass is 19.1. The Morgan fingerprint density at radius 1 is 1.30 bits per heavy atom. The van der Waals surface area contributed by atoms with Gasteiger partial charge < -0.3 is 4.52 Å². The van der Waals surface area contributed by atoms with Crippen LogP contribution in [0, 0.1) is 5.82 Å². The van der Waals surface area contributed by atoms with E-state index < -0.39 is 11.8 Å². The van der Waals surface area contributed by atoms with Gasteiger partial charge in [-0.1, -0.05) is 5.16 Å². The third-order valence-electron chi connectivity index (χ3n) is 3.92. The molecule has 1 aliphatic heterocycles. The zero-order valence-corrected chi connectivity index (χ0v) is 12.1. The number of rotatable bonds is 3. The smallest absolute Gasteiger partial charge is 0.328 e. The molecule has 4 rings (SSSR count). The van der Waals surface area contributed by atoms with Gasteiger partial charge in [0.25, 0.3) is 5.89 Å². The number of urea groups is 1. The molecule has 3 amide bonds. The van der Waals surface area contributed by atoms with Gasteiger partial charge in [-0.3, -0.25) is 15.0 Å². The topological polar surface area (TPSA) is 88.3 Å². The van der Waals surface area contributed by atoms with Crippen molar-refractivity contribution in [1.82, 2.24) is 15.5 Å². The summed E-state index contributed by atoms with van der Waals surface area (Å²) in [6.45, 7) is 0.127. The summed E-state index contributed by atoms with van der Waals surface area (Å²) in [5.74, 6) is 0.383. The van der Waals surface area contributed by atoms with E-state index >= 15 is 0 Å². The van der Waals surface area contributed by atoms with Gasteiger partial charge in [0.05, 0.1) is 5.69 Å². The maximum absolute atomic E-state index is 14.1. The molecule has 118 valence electrons. The van der Waals surface area contributed by atoms with Crippen LogP contribution >= 0.6 is 0 Å². The highest BCUT2D eigenvalue weighted by Gasteiger charge is 2.30. The van der Waals surface area contributed by atoms with Crippen LogP contribution in [0.25, 0.3) is 11.5 Å². The lowest BCUT2D eigenvalue weighted by Gasteiger charge is -2.27. The summed E-state index contributed by atoms with van der Waals surface area (Å²) in [7, 11) is 0. The molecule has 2 aliphatic rings. The van der Waals surface area contributed by atoms with E-state index in [-0.39, 0.29) is 24.6 Å². The summed E-state index contributed by atoms with van der Waals surface area (Å²) >= 11 is 0. The molecular formula is C15H13FN4O3. The monoisotopic (exact) mass is 316 g/mol. The number of imide groups is 1. The number of anilines is 1. The van der Waals surface area contributed by atoms with Crippen LogP contribution in [0.1, 0.15) is 31.0 Å². The molecule has 23 heavy (non-hydrogen) atoms. The molecule has 1 saturated heterocycles. The van der Waals surface area contributed by atoms with E-state index in [4.69, 9.17) is 4.52 Å². The zero-order valence-electron chi connectivity index (χ0n) is 12.1. The van der Waals surface area contributed by atoms with Gasteiger partial charge in [-0.05, 0) is 31.0 Å². The highest BCUT2D eigenvalue weighted by molar-refractivity contribution is 6.05. The van der Waals surface area contributed by atoms with Crippen LogP contribution in [-0.4, -0.2) is 28.6 Å². The molecule has 1 aromatic heterocycles. The lowest BCUT2D eigenvalue weighted by Crippen LogP contribution is -2.49. The zero-order chi connectivity index (χ0) is 16.0. The van der Waals surface area contributed by atoms with Crippen molar-refractivity contribution in [2.24, 2.45) is 0 Å². The van der Waals surface area contributed by atoms with E-state index in [0.717, 1.165) is 12.8 Å². The van der Waals surface area contributed by atoms with Crippen molar-refractivity contribution in [3.05, 3.63) is 29.8 Å². The fourth-order valence-electron chi connectivity index (χ4n) is 2.51. The Labute approximate surface area is 130 Å². The normalized spacial score (nSPS) is 18.2. The van der Waals surface area contributed by atoms with Crippen molar-refractivity contribution in [2.75, 3.05) is 11.4 Å². The largest absolute Gasteiger partial charge is 0.334 e. The minimum Gasteiger partial charge on any atom is -0.334 e. The molecule has 2 aromatic rings. The number of nitrogens with one attached hydrogen (secondary N) is 1. The lowest BCUT2D eigenvalue weighted by atomic mass is 10.1. The van der Waals surface area contributed by atoms with Crippen molar-refractivity contribution in [3.63, 3.8) is 0 Å². The molecule has 0 spiro atoms. The van der Waals surface area contributed by atoms with E-state index in [1.165, 1.54) is 23.1 Å². The lowest BCUT2D eigenvalue weighted by molar-refractivity contribution is -0.120. The predicted molar refractivity (Wildman–Crippen MR) is 77.2 cm³/mol. The molecule has 1 N–H and O–H groups in total. The molecule has 1 aliphatic carbocycles. The molecule has 2 heterocycles. The number of hydrogen-bond acceptors (Lipinski definition) is 5. The molecular weight excluding hydrogens is 303 g/mol. The Morgan fingerprint density at radius 2 is 2.13 bits per heavy atom. The van der Waals surface area contributed by atoms with Gasteiger partial charge in [0.2, 0.25) is 5.91 Å². The van der Waals surface area contributed by atoms with E-state index in [1.54, 1.807) is 0 Å². The first-order chi connectivity index (χ1) is 11.1. The van der Waals surface area contributed by atoms with Gasteiger partial charge in [0, 0.05) is 24.4 Å². The quantitative estimate of drug-likeness (QED) is 0.938. The number of carbonyl (C=O) groups is 2. The molecule has 8 heteroatoms. The van der Waals surface area contributed by atoms with Gasteiger partial charge >= 0.3 is 6.03 Å². The number of benzene rings is 1. The first kappa shape index (κ1) is 13.9. The minimum atomic E-state index is -0.638. The number of aromatic nitrogens is 2. The van der Waals surface area contributed by atoms with Crippen LogP contribution in [0.2, 0.25) is 0 Å². The fourth-order valence-corrected chi connectivity index (χ4v) is 2.51. The second-order valence-corrected chi connectivity index (χ2v) is 5.65. The van der Waals surface area contributed by atoms with E-state index in [2.05, 4.69) is 15.5 Å². The highest BCUT2D eigenvalue weighted by Crippen LogP contribution is 2.39. The van der Waals surface area contributed by atoms with Crippen molar-refractivity contribution in [3.8, 4) is 11.5 Å². The van der Waals surface area contributed by atoms with Gasteiger partial charge in [0.15, 0.2) is 5.82 Å². The van der Waals surface area contributed by atoms with Crippen LogP contribution in [0.3, 0.4) is 0 Å². The van der Waals surface area contributed by atoms with Crippen LogP contribution in [0.15, 0.2) is 22.7 Å². The van der Waals surface area contributed by atoms with Crippen LogP contribution in [0.5, 0.6) is 0 Å². The number of carbonyl (C=O) groups excluding carboxylic acids is 2. The van der Waals surface area contributed by atoms with Crippen molar-refractivity contribution in [2.45, 2.75) is 25.2 Å². The molecule has 0 bridgehead atoms. The van der Waals surface area contributed by atoms with Crippen molar-refractivity contribution < 1.29 is 18.5 Å². The van der Waals surface area contributed by atoms with Crippen LogP contribution in [0.4, 0.5) is 14.9 Å². The maximum atomic E-state index is 14.1. The molecule has 1 aromatic carbocycles. The number of halogens is 1. The average Bonchev–Trinajstić information content (AvgIpc) is 3.26. The van der Waals surface area contributed by atoms with Crippen LogP contribution in [-0.2, 0) is 4.79 Å². The predicted octanol–water partition coefficient (Wildman–Crippen LogP) is 2.20. The number of nitrogens with zero attached hydrogens (tertiary/aromatic N) is 3. The summed E-state index contributed by atoms with van der Waals surface area (Å²) in [5.41, 5.74) is 0.615. The third kappa shape index (κ3) is 2.56. The molecule has 0 atom stereocenters. The number of hydrogen-bond donors (Lipinski definition) is 1. The molecule has 0 unspecified atom stereocenters. The molecule has 7 nitrogen and oxygen atoms in total. The Hall–Kier alpha value is -2.77. The summed E-state index contributed by atoms with van der Waals surface area (Å²) in [4.78, 5) is 28.6. The number of amides is 3. The standard InChI is InChI=1S/C15H13FN4O3/c16-10-4-3-9(14-18-13(19-23-14)8-1-2-8)7-11(10)20-6-5-12(21)17-15(20)22/h3-4,7-8H,1-2,5-6H2,(H,17,21,22). The summed E-state index contributed by atoms with van der Waals surface area (Å²) in [6, 6.07) is 3.61. The van der Waals surface area contributed by atoms with E-state index in [1.807, 2.05) is 0 Å². The minimum absolute atomic E-state index is 0.0821. The summed E-state index contributed by atoms with van der Waals surface area (Å²) in [6.07, 6.45) is 2.23. The van der Waals surface area contributed by atoms with Crippen LogP contribution < -0.4 is 10.2 Å². The second kappa shape index (κ2) is 5.15. The second-order valence-electron chi connectivity index (χ2n) is 5.65. The summed E-state index contributed by atoms with van der Waals surface area (Å²) < 4.78 is 19.3. The SMILES string of the molecule is O=C1CCN(c2cc(-c3nc(C4CC4)no3)ccc2F)C(=O)N1. The first-order valence-corrected chi connectivity index (χ1v) is 7.36. The fraction of sp³-hybridized carbons (Fsp3) is 0.333. The molecule has 1 saturated carbocycles. The van der Waals surface area contributed by atoms with E-state index in [9.17, 15) is 14.0 Å². The van der Waals surface area contributed by atoms with Crippen molar-refractivity contribution in [1.29, 1.82) is 0 Å². The van der Waals surface area contributed by atoms with E-state index in [0.29, 0.717) is 23.2 Å². The Bertz CT molecular complexity index is 800. The molecule has 2 fully saturated rings. The summed E-state index contributed by atoms with van der Waals surface area (Å²) in [5, 5.41) is 6.10. The maximum Gasteiger partial charge on any atom is 0.328 e.